The number of anilines is 2. The van der Waals surface area contributed by atoms with Crippen molar-refractivity contribution in [3.05, 3.63) is 24.3 Å². The predicted molar refractivity (Wildman–Crippen MR) is 110 cm³/mol. The van der Waals surface area contributed by atoms with E-state index < -0.39 is 5.41 Å². The average Bonchev–Trinajstić information content (AvgIpc) is 3.45. The van der Waals surface area contributed by atoms with Crippen LogP contribution in [0.25, 0.3) is 0 Å². The maximum Gasteiger partial charge on any atom is 0.240 e. The van der Waals surface area contributed by atoms with Gasteiger partial charge in [-0.25, -0.2) is 0 Å². The molecule has 0 atom stereocenters. The first-order valence-corrected chi connectivity index (χ1v) is 10.4. The highest BCUT2D eigenvalue weighted by atomic mass is 16.2. The largest absolute Gasteiger partial charge is 0.372 e. The molecule has 0 radical (unpaired) electrons. The normalized spacial score (nSPS) is 19.0. The lowest BCUT2D eigenvalue weighted by Gasteiger charge is -2.32. The minimum atomic E-state index is -0.862. The number of piperidine rings is 1. The zero-order chi connectivity index (χ0) is 19.4. The minimum Gasteiger partial charge on any atom is -0.372 e. The highest BCUT2D eigenvalue weighted by Crippen LogP contribution is 2.46. The number of carbonyl (C=O) groups is 2. The van der Waals surface area contributed by atoms with Crippen molar-refractivity contribution in [2.24, 2.45) is 17.3 Å². The molecule has 2 N–H and O–H groups in total. The zero-order valence-electron chi connectivity index (χ0n) is 16.9. The Morgan fingerprint density at radius 1 is 1.11 bits per heavy atom. The van der Waals surface area contributed by atoms with Crippen molar-refractivity contribution in [3.63, 3.8) is 0 Å². The van der Waals surface area contributed by atoms with E-state index in [0.717, 1.165) is 31.1 Å². The first kappa shape index (κ1) is 19.7. The first-order valence-electron chi connectivity index (χ1n) is 10.4. The van der Waals surface area contributed by atoms with Gasteiger partial charge in [-0.2, -0.15) is 0 Å². The molecule has 1 saturated carbocycles. The summed E-state index contributed by atoms with van der Waals surface area (Å²) in [5.41, 5.74) is 1.10. The van der Waals surface area contributed by atoms with Crippen molar-refractivity contribution in [2.45, 2.75) is 52.9 Å². The molecular weight excluding hydrogens is 338 g/mol. The number of nitrogens with one attached hydrogen (secondary N) is 2. The molecule has 1 aromatic rings. The fourth-order valence-electron chi connectivity index (χ4n) is 3.60. The van der Waals surface area contributed by atoms with Crippen LogP contribution < -0.4 is 15.5 Å². The number of amides is 2. The standard InChI is InChI=1S/C22H33N3O2/c1-16(2)8-13-23-20(26)22(11-12-22)21(27)24-18-4-6-19(7-5-18)25-14-9-17(3)10-15-25/h4-7,16-17H,8-15H2,1-3H3,(H,23,26)(H,24,27). The van der Waals surface area contributed by atoms with Gasteiger partial charge in [-0.1, -0.05) is 20.8 Å². The Kier molecular flexibility index (Phi) is 6.08. The summed E-state index contributed by atoms with van der Waals surface area (Å²) in [6.45, 7) is 9.37. The Labute approximate surface area is 162 Å². The third kappa shape index (κ3) is 4.82. The van der Waals surface area contributed by atoms with Crippen molar-refractivity contribution in [3.8, 4) is 0 Å². The fourth-order valence-corrected chi connectivity index (χ4v) is 3.60. The summed E-state index contributed by atoms with van der Waals surface area (Å²) >= 11 is 0. The van der Waals surface area contributed by atoms with Crippen molar-refractivity contribution < 1.29 is 9.59 Å². The summed E-state index contributed by atoms with van der Waals surface area (Å²) in [7, 11) is 0. The van der Waals surface area contributed by atoms with E-state index in [1.165, 1.54) is 18.5 Å². The van der Waals surface area contributed by atoms with Crippen molar-refractivity contribution in [2.75, 3.05) is 29.9 Å². The van der Waals surface area contributed by atoms with Gasteiger partial charge in [-0.15, -0.1) is 0 Å². The highest BCUT2D eigenvalue weighted by Gasteiger charge is 2.56. The van der Waals surface area contributed by atoms with Gasteiger partial charge >= 0.3 is 0 Å². The van der Waals surface area contributed by atoms with Crippen molar-refractivity contribution in [1.29, 1.82) is 0 Å². The molecule has 5 heteroatoms. The van der Waals surface area contributed by atoms with Gasteiger partial charge in [-0.3, -0.25) is 9.59 Å². The van der Waals surface area contributed by atoms with Crippen LogP contribution in [0.4, 0.5) is 11.4 Å². The van der Waals surface area contributed by atoms with Crippen LogP contribution in [0.1, 0.15) is 52.9 Å². The molecule has 0 bridgehead atoms. The quantitative estimate of drug-likeness (QED) is 0.717. The number of carbonyl (C=O) groups excluding carboxylic acids is 2. The summed E-state index contributed by atoms with van der Waals surface area (Å²) in [6, 6.07) is 8.01. The van der Waals surface area contributed by atoms with Crippen LogP contribution in [0.15, 0.2) is 24.3 Å². The fraction of sp³-hybridized carbons (Fsp3) is 0.636. The molecule has 2 fully saturated rings. The number of benzene rings is 1. The van der Waals surface area contributed by atoms with E-state index in [9.17, 15) is 9.59 Å². The van der Waals surface area contributed by atoms with Crippen molar-refractivity contribution in [1.82, 2.24) is 5.32 Å². The van der Waals surface area contributed by atoms with Gasteiger partial charge < -0.3 is 15.5 Å². The topological polar surface area (TPSA) is 61.4 Å². The molecule has 0 aromatic heterocycles. The lowest BCUT2D eigenvalue weighted by molar-refractivity contribution is -0.134. The van der Waals surface area contributed by atoms with E-state index in [0.29, 0.717) is 25.3 Å². The SMILES string of the molecule is CC(C)CCNC(=O)C1(C(=O)Nc2ccc(N3CCC(C)CC3)cc2)CC1. The Balaban J connectivity index is 1.54. The Morgan fingerprint density at radius 3 is 2.30 bits per heavy atom. The van der Waals surface area contributed by atoms with Crippen molar-refractivity contribution >= 4 is 23.2 Å². The molecule has 0 unspecified atom stereocenters. The molecule has 3 rings (SSSR count). The lowest BCUT2D eigenvalue weighted by Crippen LogP contribution is -2.40. The molecule has 0 spiro atoms. The second-order valence-electron chi connectivity index (χ2n) is 8.69. The van der Waals surface area contributed by atoms with Gasteiger partial charge in [0.2, 0.25) is 11.8 Å². The monoisotopic (exact) mass is 371 g/mol. The van der Waals surface area contributed by atoms with E-state index in [1.807, 2.05) is 12.1 Å². The first-order chi connectivity index (χ1) is 12.9. The average molecular weight is 372 g/mol. The molecule has 2 amide bonds. The number of nitrogens with zero attached hydrogens (tertiary/aromatic N) is 1. The second kappa shape index (κ2) is 8.32. The Morgan fingerprint density at radius 2 is 1.74 bits per heavy atom. The minimum absolute atomic E-state index is 0.125. The maximum absolute atomic E-state index is 12.7. The molecule has 1 aliphatic carbocycles. The third-order valence-corrected chi connectivity index (χ3v) is 5.90. The molecule has 27 heavy (non-hydrogen) atoms. The molecule has 2 aliphatic rings. The van der Waals surface area contributed by atoms with Crippen LogP contribution in [0, 0.1) is 17.3 Å². The van der Waals surface area contributed by atoms with Crippen LogP contribution in [-0.2, 0) is 9.59 Å². The summed E-state index contributed by atoms with van der Waals surface area (Å²) in [5.74, 6) is 1.04. The van der Waals surface area contributed by atoms with E-state index in [2.05, 4.69) is 48.4 Å². The molecule has 148 valence electrons. The third-order valence-electron chi connectivity index (χ3n) is 5.90. The van der Waals surface area contributed by atoms with Crippen LogP contribution in [-0.4, -0.2) is 31.4 Å². The highest BCUT2D eigenvalue weighted by molar-refractivity contribution is 6.13. The smallest absolute Gasteiger partial charge is 0.240 e. The van der Waals surface area contributed by atoms with Crippen LogP contribution in [0.3, 0.4) is 0 Å². The van der Waals surface area contributed by atoms with Crippen LogP contribution >= 0.6 is 0 Å². The van der Waals surface area contributed by atoms with Crippen LogP contribution in [0.5, 0.6) is 0 Å². The van der Waals surface area contributed by atoms with E-state index in [1.54, 1.807) is 0 Å². The van der Waals surface area contributed by atoms with Gasteiger partial charge in [0.25, 0.3) is 0 Å². The summed E-state index contributed by atoms with van der Waals surface area (Å²) < 4.78 is 0. The molecule has 1 saturated heterocycles. The lowest BCUT2D eigenvalue weighted by atomic mass is 9.99. The Bertz CT molecular complexity index is 657. The molecule has 1 aromatic carbocycles. The van der Waals surface area contributed by atoms with E-state index >= 15 is 0 Å². The van der Waals surface area contributed by atoms with Gasteiger partial charge in [0, 0.05) is 31.0 Å². The molecule has 1 heterocycles. The van der Waals surface area contributed by atoms with E-state index in [-0.39, 0.29) is 11.8 Å². The summed E-state index contributed by atoms with van der Waals surface area (Å²) in [5, 5.41) is 5.88. The van der Waals surface area contributed by atoms with Gasteiger partial charge in [0.15, 0.2) is 0 Å². The van der Waals surface area contributed by atoms with Gasteiger partial charge in [0.05, 0.1) is 0 Å². The zero-order valence-corrected chi connectivity index (χ0v) is 16.9. The molecular formula is C22H33N3O2. The van der Waals surface area contributed by atoms with Crippen LogP contribution in [0.2, 0.25) is 0 Å². The van der Waals surface area contributed by atoms with E-state index in [4.69, 9.17) is 0 Å². The number of hydrogen-bond donors (Lipinski definition) is 2. The summed E-state index contributed by atoms with van der Waals surface area (Å²) in [4.78, 5) is 27.5. The van der Waals surface area contributed by atoms with Gasteiger partial charge in [-0.05, 0) is 68.2 Å². The summed E-state index contributed by atoms with van der Waals surface area (Å²) in [6.07, 6.45) is 4.66. The Hall–Kier alpha value is -2.04. The molecule has 1 aliphatic heterocycles. The number of hydrogen-bond acceptors (Lipinski definition) is 3. The van der Waals surface area contributed by atoms with Gasteiger partial charge in [0.1, 0.15) is 5.41 Å². The molecule has 5 nitrogen and oxygen atoms in total. The second-order valence-corrected chi connectivity index (χ2v) is 8.69. The predicted octanol–water partition coefficient (Wildman–Crippen LogP) is 3.80. The maximum atomic E-state index is 12.7. The number of rotatable bonds is 7.